The Kier molecular flexibility index (Phi) is 4.14. The molecule has 0 spiro atoms. The van der Waals surface area contributed by atoms with E-state index in [2.05, 4.69) is 17.4 Å². The van der Waals surface area contributed by atoms with E-state index in [0.29, 0.717) is 13.2 Å². The molecular weight excluding hydrogens is 190 g/mol. The molecule has 0 saturated carbocycles. The summed E-state index contributed by atoms with van der Waals surface area (Å²) in [6.45, 7) is 3.98. The lowest BCUT2D eigenvalue weighted by molar-refractivity contribution is -0.0357. The maximum atomic E-state index is 5.59. The number of rotatable bonds is 4. The third-order valence-electron chi connectivity index (χ3n) is 2.42. The van der Waals surface area contributed by atoms with Crippen molar-refractivity contribution in [3.8, 4) is 0 Å². The van der Waals surface area contributed by atoms with Crippen molar-refractivity contribution in [3.05, 3.63) is 35.9 Å². The number of hydrogen-bond acceptors (Lipinski definition) is 3. The SMILES string of the molecule is c1ccc(COCC2CNCCO2)cc1. The van der Waals surface area contributed by atoms with Gasteiger partial charge in [-0.3, -0.25) is 0 Å². The Morgan fingerprint density at radius 1 is 1.33 bits per heavy atom. The molecule has 15 heavy (non-hydrogen) atoms. The molecule has 0 amide bonds. The van der Waals surface area contributed by atoms with Crippen molar-refractivity contribution in [1.29, 1.82) is 0 Å². The van der Waals surface area contributed by atoms with Gasteiger partial charge in [0.25, 0.3) is 0 Å². The minimum absolute atomic E-state index is 0.211. The molecule has 1 fully saturated rings. The van der Waals surface area contributed by atoms with Crippen molar-refractivity contribution < 1.29 is 9.47 Å². The van der Waals surface area contributed by atoms with Gasteiger partial charge in [0, 0.05) is 13.1 Å². The highest BCUT2D eigenvalue weighted by Gasteiger charge is 2.12. The molecule has 0 radical (unpaired) electrons. The van der Waals surface area contributed by atoms with E-state index in [0.717, 1.165) is 19.7 Å². The summed E-state index contributed by atoms with van der Waals surface area (Å²) >= 11 is 0. The van der Waals surface area contributed by atoms with Crippen molar-refractivity contribution in [3.63, 3.8) is 0 Å². The van der Waals surface area contributed by atoms with Crippen LogP contribution in [0.15, 0.2) is 30.3 Å². The smallest absolute Gasteiger partial charge is 0.0933 e. The van der Waals surface area contributed by atoms with Crippen molar-refractivity contribution >= 4 is 0 Å². The zero-order valence-electron chi connectivity index (χ0n) is 8.82. The summed E-state index contributed by atoms with van der Waals surface area (Å²) in [6, 6.07) is 10.2. The normalized spacial score (nSPS) is 21.5. The van der Waals surface area contributed by atoms with Gasteiger partial charge >= 0.3 is 0 Å². The quantitative estimate of drug-likeness (QED) is 0.804. The van der Waals surface area contributed by atoms with Crippen LogP contribution >= 0.6 is 0 Å². The highest BCUT2D eigenvalue weighted by Crippen LogP contribution is 2.03. The van der Waals surface area contributed by atoms with Gasteiger partial charge in [0.2, 0.25) is 0 Å². The molecule has 1 aromatic carbocycles. The summed E-state index contributed by atoms with van der Waals surface area (Å²) < 4.78 is 11.1. The molecule has 1 unspecified atom stereocenters. The van der Waals surface area contributed by atoms with Gasteiger partial charge in [-0.25, -0.2) is 0 Å². The number of hydrogen-bond donors (Lipinski definition) is 1. The molecule has 3 heteroatoms. The summed E-state index contributed by atoms with van der Waals surface area (Å²) in [5, 5.41) is 3.28. The van der Waals surface area contributed by atoms with Gasteiger partial charge in [0.1, 0.15) is 0 Å². The summed E-state index contributed by atoms with van der Waals surface area (Å²) in [7, 11) is 0. The molecule has 1 saturated heterocycles. The predicted octanol–water partition coefficient (Wildman–Crippen LogP) is 1.19. The lowest BCUT2D eigenvalue weighted by atomic mass is 10.2. The largest absolute Gasteiger partial charge is 0.374 e. The van der Waals surface area contributed by atoms with E-state index < -0.39 is 0 Å². The molecule has 2 rings (SSSR count). The molecule has 3 nitrogen and oxygen atoms in total. The van der Waals surface area contributed by atoms with Gasteiger partial charge in [-0.1, -0.05) is 30.3 Å². The van der Waals surface area contributed by atoms with E-state index in [1.54, 1.807) is 0 Å². The van der Waals surface area contributed by atoms with Crippen molar-refractivity contribution in [2.75, 3.05) is 26.3 Å². The Balaban J connectivity index is 1.66. The first kappa shape index (κ1) is 10.6. The van der Waals surface area contributed by atoms with Crippen LogP contribution < -0.4 is 5.32 Å². The monoisotopic (exact) mass is 207 g/mol. The maximum Gasteiger partial charge on any atom is 0.0933 e. The first-order valence-corrected chi connectivity index (χ1v) is 5.39. The van der Waals surface area contributed by atoms with Gasteiger partial charge in [-0.2, -0.15) is 0 Å². The predicted molar refractivity (Wildman–Crippen MR) is 58.7 cm³/mol. The van der Waals surface area contributed by atoms with Crippen LogP contribution in [0.25, 0.3) is 0 Å². The third kappa shape index (κ3) is 3.63. The minimum atomic E-state index is 0.211. The maximum absolute atomic E-state index is 5.59. The number of ether oxygens (including phenoxy) is 2. The van der Waals surface area contributed by atoms with Crippen molar-refractivity contribution in [1.82, 2.24) is 5.32 Å². The van der Waals surface area contributed by atoms with E-state index in [1.807, 2.05) is 18.2 Å². The molecule has 0 aromatic heterocycles. The van der Waals surface area contributed by atoms with Crippen LogP contribution in [0.1, 0.15) is 5.56 Å². The molecule has 0 bridgehead atoms. The molecule has 1 aliphatic heterocycles. The Morgan fingerprint density at radius 2 is 2.20 bits per heavy atom. The standard InChI is InChI=1S/C12H17NO2/c1-2-4-11(5-3-1)9-14-10-12-8-13-6-7-15-12/h1-5,12-13H,6-10H2. The molecule has 82 valence electrons. The third-order valence-corrected chi connectivity index (χ3v) is 2.42. The van der Waals surface area contributed by atoms with Gasteiger partial charge in [-0.05, 0) is 5.56 Å². The second-order valence-electron chi connectivity index (χ2n) is 3.70. The van der Waals surface area contributed by atoms with Crippen LogP contribution in [0.2, 0.25) is 0 Å². The fourth-order valence-electron chi connectivity index (χ4n) is 1.61. The molecule has 1 atom stereocenters. The topological polar surface area (TPSA) is 30.5 Å². The van der Waals surface area contributed by atoms with Crippen LogP contribution in [-0.4, -0.2) is 32.4 Å². The minimum Gasteiger partial charge on any atom is -0.374 e. The zero-order valence-corrected chi connectivity index (χ0v) is 8.82. The van der Waals surface area contributed by atoms with Gasteiger partial charge in [0.05, 0.1) is 25.9 Å². The summed E-state index contributed by atoms with van der Waals surface area (Å²) in [5.74, 6) is 0. The van der Waals surface area contributed by atoms with Crippen LogP contribution in [0.3, 0.4) is 0 Å². The molecule has 1 aromatic rings. The first-order valence-electron chi connectivity index (χ1n) is 5.39. The second-order valence-corrected chi connectivity index (χ2v) is 3.70. The summed E-state index contributed by atoms with van der Waals surface area (Å²) in [6.07, 6.45) is 0.211. The van der Waals surface area contributed by atoms with Gasteiger partial charge < -0.3 is 14.8 Å². The summed E-state index contributed by atoms with van der Waals surface area (Å²) in [5.41, 5.74) is 1.21. The Bertz CT molecular complexity index is 270. The Morgan fingerprint density at radius 3 is 2.93 bits per heavy atom. The van der Waals surface area contributed by atoms with E-state index in [9.17, 15) is 0 Å². The van der Waals surface area contributed by atoms with E-state index >= 15 is 0 Å². The molecule has 1 N–H and O–H groups in total. The van der Waals surface area contributed by atoms with E-state index in [1.165, 1.54) is 5.56 Å². The number of morpholine rings is 1. The van der Waals surface area contributed by atoms with E-state index in [4.69, 9.17) is 9.47 Å². The zero-order chi connectivity index (χ0) is 10.3. The van der Waals surface area contributed by atoms with Crippen LogP contribution in [0.4, 0.5) is 0 Å². The highest BCUT2D eigenvalue weighted by molar-refractivity contribution is 5.13. The number of nitrogens with one attached hydrogen (secondary N) is 1. The fourth-order valence-corrected chi connectivity index (χ4v) is 1.61. The van der Waals surface area contributed by atoms with Gasteiger partial charge in [0.15, 0.2) is 0 Å². The lowest BCUT2D eigenvalue weighted by Crippen LogP contribution is -2.40. The molecule has 0 aliphatic carbocycles. The molecule has 1 aliphatic rings. The van der Waals surface area contributed by atoms with Crippen LogP contribution in [-0.2, 0) is 16.1 Å². The Labute approximate surface area is 90.4 Å². The number of benzene rings is 1. The van der Waals surface area contributed by atoms with Crippen LogP contribution in [0, 0.1) is 0 Å². The van der Waals surface area contributed by atoms with E-state index in [-0.39, 0.29) is 6.10 Å². The highest BCUT2D eigenvalue weighted by atomic mass is 16.5. The summed E-state index contributed by atoms with van der Waals surface area (Å²) in [4.78, 5) is 0. The second kappa shape index (κ2) is 5.85. The average Bonchev–Trinajstić information content (AvgIpc) is 2.32. The van der Waals surface area contributed by atoms with Crippen molar-refractivity contribution in [2.24, 2.45) is 0 Å². The van der Waals surface area contributed by atoms with Gasteiger partial charge in [-0.15, -0.1) is 0 Å². The first-order chi connectivity index (χ1) is 7.45. The van der Waals surface area contributed by atoms with Crippen molar-refractivity contribution in [2.45, 2.75) is 12.7 Å². The Hall–Kier alpha value is -0.900. The molecule has 1 heterocycles. The average molecular weight is 207 g/mol. The van der Waals surface area contributed by atoms with Crippen LogP contribution in [0.5, 0.6) is 0 Å². The lowest BCUT2D eigenvalue weighted by Gasteiger charge is -2.23. The fraction of sp³-hybridized carbons (Fsp3) is 0.500. The molecular formula is C12H17NO2.